The predicted octanol–water partition coefficient (Wildman–Crippen LogP) is 2.91. The molecule has 0 bridgehead atoms. The first-order valence-corrected chi connectivity index (χ1v) is 6.30. The summed E-state index contributed by atoms with van der Waals surface area (Å²) in [5.41, 5.74) is 1.79. The van der Waals surface area contributed by atoms with Gasteiger partial charge in [-0.1, -0.05) is 13.0 Å². The molecule has 1 N–H and O–H groups in total. The van der Waals surface area contributed by atoms with Crippen molar-refractivity contribution in [1.29, 1.82) is 0 Å². The van der Waals surface area contributed by atoms with E-state index >= 15 is 0 Å². The molecule has 0 unspecified atom stereocenters. The number of halogens is 1. The Hall–Kier alpha value is -0.870. The normalized spacial score (nSPS) is 25.4. The van der Waals surface area contributed by atoms with E-state index in [1.165, 1.54) is 0 Å². The number of oxazole rings is 1. The number of aromatic nitrogens is 1. The molecular weight excluding hydrogens is 268 g/mol. The zero-order valence-electron chi connectivity index (χ0n) is 9.03. The second-order valence-corrected chi connectivity index (χ2v) is 5.24. The van der Waals surface area contributed by atoms with Crippen LogP contribution in [0.3, 0.4) is 0 Å². The van der Waals surface area contributed by atoms with E-state index in [9.17, 15) is 0 Å². The van der Waals surface area contributed by atoms with Crippen LogP contribution in [-0.2, 0) is 0 Å². The lowest BCUT2D eigenvalue weighted by atomic mass is 9.98. The van der Waals surface area contributed by atoms with Gasteiger partial charge in [0.05, 0.1) is 10.4 Å². The van der Waals surface area contributed by atoms with Crippen LogP contribution < -0.4 is 5.32 Å². The van der Waals surface area contributed by atoms with Crippen molar-refractivity contribution >= 4 is 27.0 Å². The second kappa shape index (κ2) is 3.86. The highest BCUT2D eigenvalue weighted by Crippen LogP contribution is 2.32. The molecular formula is C12H13BrN2O. The molecule has 1 aromatic carbocycles. The van der Waals surface area contributed by atoms with Crippen LogP contribution in [0.25, 0.3) is 11.1 Å². The Morgan fingerprint density at radius 1 is 1.44 bits per heavy atom. The first-order chi connectivity index (χ1) is 7.75. The van der Waals surface area contributed by atoms with E-state index < -0.39 is 0 Å². The van der Waals surface area contributed by atoms with Crippen molar-refractivity contribution in [3.05, 3.63) is 28.6 Å². The Kier molecular flexibility index (Phi) is 2.48. The van der Waals surface area contributed by atoms with E-state index in [1.807, 2.05) is 18.2 Å². The number of para-hydroxylation sites is 1. The van der Waals surface area contributed by atoms with Gasteiger partial charge in [-0.15, -0.1) is 0 Å². The summed E-state index contributed by atoms with van der Waals surface area (Å²) >= 11 is 3.48. The summed E-state index contributed by atoms with van der Waals surface area (Å²) in [7, 11) is 0. The summed E-state index contributed by atoms with van der Waals surface area (Å²) in [6.07, 6.45) is 0. The molecule has 1 saturated heterocycles. The average Bonchev–Trinajstić information content (AvgIpc) is 2.84. The van der Waals surface area contributed by atoms with Crippen LogP contribution in [0.4, 0.5) is 0 Å². The van der Waals surface area contributed by atoms with Gasteiger partial charge in [0.15, 0.2) is 11.5 Å². The zero-order valence-corrected chi connectivity index (χ0v) is 10.6. The largest absolute Gasteiger partial charge is 0.439 e. The van der Waals surface area contributed by atoms with Gasteiger partial charge in [0.1, 0.15) is 5.52 Å². The minimum Gasteiger partial charge on any atom is -0.439 e. The Bertz CT molecular complexity index is 523. The third-order valence-corrected chi connectivity index (χ3v) is 3.84. The van der Waals surface area contributed by atoms with Crippen molar-refractivity contribution in [2.24, 2.45) is 5.92 Å². The lowest BCUT2D eigenvalue weighted by Gasteiger charge is -2.08. The van der Waals surface area contributed by atoms with Gasteiger partial charge in [-0.05, 0) is 40.5 Å². The summed E-state index contributed by atoms with van der Waals surface area (Å²) in [5.74, 6) is 1.85. The Labute approximate surface area is 102 Å². The number of hydrogen-bond acceptors (Lipinski definition) is 3. The van der Waals surface area contributed by atoms with E-state index in [-0.39, 0.29) is 0 Å². The van der Waals surface area contributed by atoms with Gasteiger partial charge >= 0.3 is 0 Å². The molecule has 3 rings (SSSR count). The molecule has 3 nitrogen and oxygen atoms in total. The van der Waals surface area contributed by atoms with Crippen LogP contribution in [-0.4, -0.2) is 18.1 Å². The SMILES string of the molecule is C[C@@H]1CNC[C@H]1c1nc2cccc(Br)c2o1. The highest BCUT2D eigenvalue weighted by molar-refractivity contribution is 9.10. The van der Waals surface area contributed by atoms with Crippen LogP contribution in [0.15, 0.2) is 27.1 Å². The number of fused-ring (bicyclic) bond motifs is 1. The highest BCUT2D eigenvalue weighted by Gasteiger charge is 2.29. The first kappa shape index (κ1) is 10.3. The Morgan fingerprint density at radius 2 is 2.31 bits per heavy atom. The van der Waals surface area contributed by atoms with Crippen molar-refractivity contribution in [1.82, 2.24) is 10.3 Å². The highest BCUT2D eigenvalue weighted by atomic mass is 79.9. The molecule has 0 spiro atoms. The second-order valence-electron chi connectivity index (χ2n) is 4.38. The molecule has 0 amide bonds. The van der Waals surface area contributed by atoms with Crippen molar-refractivity contribution in [2.75, 3.05) is 13.1 Å². The summed E-state index contributed by atoms with van der Waals surface area (Å²) in [5, 5.41) is 3.37. The summed E-state index contributed by atoms with van der Waals surface area (Å²) in [6.45, 7) is 4.24. The molecule has 0 aliphatic carbocycles. The number of hydrogen-bond donors (Lipinski definition) is 1. The van der Waals surface area contributed by atoms with Gasteiger partial charge in [0.25, 0.3) is 0 Å². The fraction of sp³-hybridized carbons (Fsp3) is 0.417. The molecule has 1 aliphatic heterocycles. The number of nitrogens with zero attached hydrogens (tertiary/aromatic N) is 1. The summed E-state index contributed by atoms with van der Waals surface area (Å²) in [4.78, 5) is 4.57. The monoisotopic (exact) mass is 280 g/mol. The lowest BCUT2D eigenvalue weighted by molar-refractivity contribution is 0.434. The fourth-order valence-electron chi connectivity index (χ4n) is 2.23. The topological polar surface area (TPSA) is 38.1 Å². The quantitative estimate of drug-likeness (QED) is 0.873. The molecule has 2 aromatic rings. The van der Waals surface area contributed by atoms with Crippen LogP contribution in [0.5, 0.6) is 0 Å². The van der Waals surface area contributed by atoms with E-state index in [1.54, 1.807) is 0 Å². The van der Waals surface area contributed by atoms with Gasteiger partial charge in [-0.3, -0.25) is 0 Å². The molecule has 0 radical (unpaired) electrons. The molecule has 2 atom stereocenters. The third-order valence-electron chi connectivity index (χ3n) is 3.22. The molecule has 1 fully saturated rings. The average molecular weight is 281 g/mol. The molecule has 1 aliphatic rings. The van der Waals surface area contributed by atoms with E-state index in [0.29, 0.717) is 11.8 Å². The smallest absolute Gasteiger partial charge is 0.200 e. The zero-order chi connectivity index (χ0) is 11.1. The molecule has 16 heavy (non-hydrogen) atoms. The first-order valence-electron chi connectivity index (χ1n) is 5.51. The van der Waals surface area contributed by atoms with E-state index in [0.717, 1.165) is 34.6 Å². The number of benzene rings is 1. The molecule has 2 heterocycles. The van der Waals surface area contributed by atoms with E-state index in [4.69, 9.17) is 4.42 Å². The van der Waals surface area contributed by atoms with Crippen molar-refractivity contribution in [3.63, 3.8) is 0 Å². The van der Waals surface area contributed by atoms with Gasteiger partial charge in [-0.2, -0.15) is 0 Å². The van der Waals surface area contributed by atoms with E-state index in [2.05, 4.69) is 33.2 Å². The van der Waals surface area contributed by atoms with Gasteiger partial charge in [0.2, 0.25) is 0 Å². The number of rotatable bonds is 1. The van der Waals surface area contributed by atoms with Gasteiger partial charge in [-0.25, -0.2) is 4.98 Å². The molecule has 0 saturated carbocycles. The van der Waals surface area contributed by atoms with Crippen molar-refractivity contribution < 1.29 is 4.42 Å². The van der Waals surface area contributed by atoms with Crippen LogP contribution in [0.2, 0.25) is 0 Å². The molecule has 4 heteroatoms. The van der Waals surface area contributed by atoms with Gasteiger partial charge < -0.3 is 9.73 Å². The Balaban J connectivity index is 2.08. The fourth-order valence-corrected chi connectivity index (χ4v) is 2.67. The van der Waals surface area contributed by atoms with Crippen LogP contribution >= 0.6 is 15.9 Å². The standard InChI is InChI=1S/C12H13BrN2O/c1-7-5-14-6-8(7)12-15-10-4-2-3-9(13)11(10)16-12/h2-4,7-8,14H,5-6H2,1H3/t7-,8-/m1/s1. The summed E-state index contributed by atoms with van der Waals surface area (Å²) < 4.78 is 6.83. The van der Waals surface area contributed by atoms with Crippen molar-refractivity contribution in [3.8, 4) is 0 Å². The maximum absolute atomic E-state index is 5.86. The minimum absolute atomic E-state index is 0.402. The van der Waals surface area contributed by atoms with Crippen molar-refractivity contribution in [2.45, 2.75) is 12.8 Å². The third kappa shape index (κ3) is 1.57. The Morgan fingerprint density at radius 3 is 3.00 bits per heavy atom. The van der Waals surface area contributed by atoms with Gasteiger partial charge in [0, 0.05) is 6.54 Å². The maximum atomic E-state index is 5.86. The molecule has 84 valence electrons. The van der Waals surface area contributed by atoms with Crippen LogP contribution in [0, 0.1) is 5.92 Å². The minimum atomic E-state index is 0.402. The predicted molar refractivity (Wildman–Crippen MR) is 66.5 cm³/mol. The lowest BCUT2D eigenvalue weighted by Crippen LogP contribution is -2.08. The summed E-state index contributed by atoms with van der Waals surface area (Å²) in [6, 6.07) is 5.95. The molecule has 1 aromatic heterocycles. The number of nitrogens with one attached hydrogen (secondary N) is 1. The van der Waals surface area contributed by atoms with Crippen LogP contribution in [0.1, 0.15) is 18.7 Å². The maximum Gasteiger partial charge on any atom is 0.200 e.